The second kappa shape index (κ2) is 10.7. The number of rotatable bonds is 5. The Morgan fingerprint density at radius 3 is 2.49 bits per heavy atom. The van der Waals surface area contributed by atoms with Gasteiger partial charge in [0.2, 0.25) is 0 Å². The van der Waals surface area contributed by atoms with Crippen molar-refractivity contribution in [2.45, 2.75) is 44.4 Å². The number of para-hydroxylation sites is 2. The summed E-state index contributed by atoms with van der Waals surface area (Å²) in [4.78, 5) is 34.0. The van der Waals surface area contributed by atoms with Crippen LogP contribution in [0.1, 0.15) is 41.7 Å². The van der Waals surface area contributed by atoms with Crippen LogP contribution in [0, 0.1) is 5.92 Å². The molecule has 3 aromatic heterocycles. The zero-order chi connectivity index (χ0) is 28.7. The van der Waals surface area contributed by atoms with Gasteiger partial charge in [0.05, 0.1) is 27.3 Å². The minimum absolute atomic E-state index is 0.0443. The molecular weight excluding hydrogens is 555 g/mol. The number of hydrogen-bond acceptors (Lipinski definition) is 4. The molecule has 0 atom stereocenters. The van der Waals surface area contributed by atoms with Gasteiger partial charge in [0, 0.05) is 36.6 Å². The van der Waals surface area contributed by atoms with Crippen LogP contribution in [-0.4, -0.2) is 31.1 Å². The van der Waals surface area contributed by atoms with Crippen LogP contribution in [0.4, 0.5) is 13.2 Å². The first-order chi connectivity index (χ1) is 19.7. The number of amides is 1. The molecule has 1 saturated carbocycles. The lowest BCUT2D eigenvalue weighted by molar-refractivity contribution is -0.141. The first kappa shape index (κ1) is 27.0. The number of pyridine rings is 2. The maximum absolute atomic E-state index is 13.8. The third-order valence-corrected chi connectivity index (χ3v) is 7.91. The van der Waals surface area contributed by atoms with E-state index in [1.54, 1.807) is 21.5 Å². The van der Waals surface area contributed by atoms with Crippen LogP contribution in [0.2, 0.25) is 5.02 Å². The minimum atomic E-state index is -4.77. The van der Waals surface area contributed by atoms with Gasteiger partial charge in [-0.1, -0.05) is 29.8 Å². The summed E-state index contributed by atoms with van der Waals surface area (Å²) in [6, 6.07) is 16.1. The molecule has 1 fully saturated rings. The topological polar surface area (TPSA) is 81.8 Å². The summed E-state index contributed by atoms with van der Waals surface area (Å²) in [5.41, 5.74) is 0.425. The van der Waals surface area contributed by atoms with E-state index < -0.39 is 23.3 Å². The van der Waals surface area contributed by atoms with Crippen molar-refractivity contribution in [2.75, 3.05) is 0 Å². The van der Waals surface area contributed by atoms with Gasteiger partial charge < -0.3 is 5.32 Å². The number of carbonyl (C=O) groups excluding carboxylic acids is 1. The van der Waals surface area contributed by atoms with Crippen LogP contribution in [0.25, 0.3) is 27.5 Å². The van der Waals surface area contributed by atoms with Crippen LogP contribution < -0.4 is 11.0 Å². The quantitative estimate of drug-likeness (QED) is 0.261. The van der Waals surface area contributed by atoms with E-state index in [1.165, 1.54) is 0 Å². The van der Waals surface area contributed by atoms with E-state index in [9.17, 15) is 22.8 Å². The predicted octanol–water partition coefficient (Wildman–Crippen LogP) is 6.40. The fourth-order valence-corrected chi connectivity index (χ4v) is 5.85. The SMILES string of the molecule is O=C(N[C@H]1CC[C@H](Cn2c(=O)n(-c3ccc4cnccc4c3)c3ccccc32)CC1)c1cc(Cl)cnc1C(F)(F)F. The maximum atomic E-state index is 13.8. The Morgan fingerprint density at radius 1 is 0.976 bits per heavy atom. The van der Waals surface area contributed by atoms with Crippen molar-refractivity contribution in [3.63, 3.8) is 0 Å². The van der Waals surface area contributed by atoms with E-state index in [-0.39, 0.29) is 22.7 Å². The Labute approximate surface area is 237 Å². The number of fused-ring (bicyclic) bond motifs is 2. The van der Waals surface area contributed by atoms with Crippen molar-refractivity contribution in [1.82, 2.24) is 24.4 Å². The lowest BCUT2D eigenvalue weighted by atomic mass is 9.85. The van der Waals surface area contributed by atoms with Gasteiger partial charge in [-0.05, 0) is 73.4 Å². The minimum Gasteiger partial charge on any atom is -0.349 e. The van der Waals surface area contributed by atoms with Crippen molar-refractivity contribution in [1.29, 1.82) is 0 Å². The molecule has 0 bridgehead atoms. The third-order valence-electron chi connectivity index (χ3n) is 7.71. The van der Waals surface area contributed by atoms with Crippen LogP contribution in [0.5, 0.6) is 0 Å². The van der Waals surface area contributed by atoms with E-state index in [4.69, 9.17) is 11.6 Å². The average Bonchev–Trinajstić information content (AvgIpc) is 3.23. The summed E-state index contributed by atoms with van der Waals surface area (Å²) in [6.07, 6.45) is 2.19. The highest BCUT2D eigenvalue weighted by molar-refractivity contribution is 6.30. The molecule has 0 unspecified atom stereocenters. The normalized spacial score (nSPS) is 17.7. The first-order valence-corrected chi connectivity index (χ1v) is 13.6. The number of imidazole rings is 1. The summed E-state index contributed by atoms with van der Waals surface area (Å²) in [6.45, 7) is 0.501. The van der Waals surface area contributed by atoms with Gasteiger partial charge in [0.15, 0.2) is 5.69 Å². The van der Waals surface area contributed by atoms with E-state index in [0.29, 0.717) is 32.2 Å². The number of carbonyl (C=O) groups is 1. The molecule has 2 aromatic carbocycles. The van der Waals surface area contributed by atoms with Crippen LogP contribution in [0.3, 0.4) is 0 Å². The summed E-state index contributed by atoms with van der Waals surface area (Å²) in [7, 11) is 0. The average molecular weight is 580 g/mol. The molecule has 41 heavy (non-hydrogen) atoms. The van der Waals surface area contributed by atoms with Crippen molar-refractivity contribution in [3.05, 3.63) is 100.0 Å². The number of alkyl halides is 3. The molecule has 0 saturated heterocycles. The Hall–Kier alpha value is -4.18. The monoisotopic (exact) mass is 579 g/mol. The van der Waals surface area contributed by atoms with E-state index in [0.717, 1.165) is 39.8 Å². The fourth-order valence-electron chi connectivity index (χ4n) is 5.69. The fraction of sp³-hybridized carbons (Fsp3) is 0.267. The summed E-state index contributed by atoms with van der Waals surface area (Å²) >= 11 is 5.83. The van der Waals surface area contributed by atoms with Crippen LogP contribution in [-0.2, 0) is 12.7 Å². The molecule has 1 amide bonds. The zero-order valence-corrected chi connectivity index (χ0v) is 22.5. The Bertz CT molecular complexity index is 1820. The van der Waals surface area contributed by atoms with E-state index >= 15 is 0 Å². The highest BCUT2D eigenvalue weighted by Gasteiger charge is 2.38. The number of aromatic nitrogens is 4. The molecule has 1 aliphatic rings. The van der Waals surface area contributed by atoms with Crippen LogP contribution in [0.15, 0.2) is 78.0 Å². The van der Waals surface area contributed by atoms with E-state index in [2.05, 4.69) is 15.3 Å². The van der Waals surface area contributed by atoms with Crippen molar-refractivity contribution in [2.24, 2.45) is 5.92 Å². The molecule has 0 radical (unpaired) electrons. The molecule has 5 aromatic rings. The van der Waals surface area contributed by atoms with Gasteiger partial charge in [0.25, 0.3) is 5.91 Å². The third kappa shape index (κ3) is 5.31. The van der Waals surface area contributed by atoms with Gasteiger partial charge in [-0.3, -0.25) is 18.9 Å². The van der Waals surface area contributed by atoms with Crippen LogP contribution >= 0.6 is 11.6 Å². The lowest BCUT2D eigenvalue weighted by Crippen LogP contribution is -2.39. The Morgan fingerprint density at radius 2 is 1.73 bits per heavy atom. The van der Waals surface area contributed by atoms with E-state index in [1.807, 2.05) is 48.5 Å². The molecule has 6 rings (SSSR count). The Balaban J connectivity index is 1.19. The molecular formula is C30H25ClF3N5O2. The highest BCUT2D eigenvalue weighted by atomic mass is 35.5. The van der Waals surface area contributed by atoms with Gasteiger partial charge in [-0.2, -0.15) is 13.2 Å². The number of halogens is 4. The van der Waals surface area contributed by atoms with Crippen molar-refractivity contribution in [3.8, 4) is 5.69 Å². The summed E-state index contributed by atoms with van der Waals surface area (Å²) in [5.74, 6) is -0.678. The Kier molecular flexibility index (Phi) is 7.03. The first-order valence-electron chi connectivity index (χ1n) is 13.3. The largest absolute Gasteiger partial charge is 0.434 e. The number of benzene rings is 2. The van der Waals surface area contributed by atoms with Gasteiger partial charge in [0.1, 0.15) is 0 Å². The summed E-state index contributed by atoms with van der Waals surface area (Å²) < 4.78 is 43.7. The van der Waals surface area contributed by atoms with Crippen molar-refractivity contribution >= 4 is 39.3 Å². The molecule has 1 N–H and O–H groups in total. The molecule has 11 heteroatoms. The number of nitrogens with zero attached hydrogens (tertiary/aromatic N) is 4. The predicted molar refractivity (Wildman–Crippen MR) is 150 cm³/mol. The second-order valence-corrected chi connectivity index (χ2v) is 10.8. The smallest absolute Gasteiger partial charge is 0.349 e. The molecule has 210 valence electrons. The van der Waals surface area contributed by atoms with Crippen molar-refractivity contribution < 1.29 is 18.0 Å². The van der Waals surface area contributed by atoms with Gasteiger partial charge >= 0.3 is 11.9 Å². The molecule has 0 aliphatic heterocycles. The highest BCUT2D eigenvalue weighted by Crippen LogP contribution is 2.32. The standard InChI is InChI=1S/C30H25ClF3N5O2/c31-21-14-24(27(36-16-21)30(32,33)34)28(40)37-22-8-5-18(6-9-22)17-38-25-3-1-2-4-26(25)39(29(38)41)23-10-7-20-15-35-12-11-19(20)13-23/h1-4,7,10-16,18,22H,5-6,8-9,17H2,(H,37,40)/t18-,22-. The zero-order valence-electron chi connectivity index (χ0n) is 21.7. The second-order valence-electron chi connectivity index (χ2n) is 10.4. The molecule has 0 spiro atoms. The van der Waals surface area contributed by atoms with Gasteiger partial charge in [-0.15, -0.1) is 0 Å². The molecule has 3 heterocycles. The molecule has 7 nitrogen and oxygen atoms in total. The molecule has 1 aliphatic carbocycles. The number of hydrogen-bond donors (Lipinski definition) is 1. The van der Waals surface area contributed by atoms with Gasteiger partial charge in [-0.25, -0.2) is 9.78 Å². The summed E-state index contributed by atoms with van der Waals surface area (Å²) in [5, 5.41) is 4.65. The number of nitrogens with one attached hydrogen (secondary N) is 1. The lowest BCUT2D eigenvalue weighted by Gasteiger charge is -2.29. The maximum Gasteiger partial charge on any atom is 0.434 e.